The van der Waals surface area contributed by atoms with Crippen molar-refractivity contribution in [2.75, 3.05) is 7.11 Å². The van der Waals surface area contributed by atoms with E-state index in [2.05, 4.69) is 4.98 Å². The maximum atomic E-state index is 5.47. The van der Waals surface area contributed by atoms with Gasteiger partial charge in [0.05, 0.1) is 5.69 Å². The van der Waals surface area contributed by atoms with E-state index in [0.717, 1.165) is 5.69 Å². The molecule has 0 spiro atoms. The molecule has 0 aliphatic heterocycles. The van der Waals surface area contributed by atoms with Crippen LogP contribution in [0.25, 0.3) is 0 Å². The first-order valence-electron chi connectivity index (χ1n) is 3.80. The first-order chi connectivity index (χ1) is 5.61. The van der Waals surface area contributed by atoms with E-state index in [-0.39, 0.29) is 0 Å². The summed E-state index contributed by atoms with van der Waals surface area (Å²) in [7, 11) is 1.63. The van der Waals surface area contributed by atoms with Gasteiger partial charge in [0.1, 0.15) is 5.60 Å². The third kappa shape index (κ3) is 1.49. The topological polar surface area (TPSA) is 61.3 Å². The summed E-state index contributed by atoms with van der Waals surface area (Å²) in [5, 5.41) is 0. The van der Waals surface area contributed by atoms with Crippen molar-refractivity contribution in [1.82, 2.24) is 4.98 Å². The molecule has 68 valence electrons. The summed E-state index contributed by atoms with van der Waals surface area (Å²) >= 11 is 0. The molecule has 0 atom stereocenters. The van der Waals surface area contributed by atoms with E-state index >= 15 is 0 Å². The van der Waals surface area contributed by atoms with Crippen LogP contribution in [0, 0.1) is 0 Å². The maximum absolute atomic E-state index is 5.47. The summed E-state index contributed by atoms with van der Waals surface area (Å²) in [6.07, 6.45) is 1.39. The molecule has 0 aliphatic rings. The van der Waals surface area contributed by atoms with Gasteiger partial charge in [-0.05, 0) is 13.8 Å². The van der Waals surface area contributed by atoms with Gasteiger partial charge in [-0.1, -0.05) is 0 Å². The van der Waals surface area contributed by atoms with Gasteiger partial charge in [0, 0.05) is 13.7 Å². The molecule has 0 saturated carbocycles. The van der Waals surface area contributed by atoms with Gasteiger partial charge < -0.3 is 14.9 Å². The number of hydrogen-bond donors (Lipinski definition) is 1. The average molecular weight is 170 g/mol. The molecule has 0 unspecified atom stereocenters. The molecule has 0 aromatic carbocycles. The molecular weight excluding hydrogens is 156 g/mol. The van der Waals surface area contributed by atoms with Crippen molar-refractivity contribution in [2.45, 2.75) is 26.0 Å². The fraction of sp³-hybridized carbons (Fsp3) is 0.625. The van der Waals surface area contributed by atoms with Crippen LogP contribution in [0.5, 0.6) is 0 Å². The number of methoxy groups -OCH3 is 1. The van der Waals surface area contributed by atoms with Crippen LogP contribution in [-0.4, -0.2) is 12.1 Å². The number of nitrogens with zero attached hydrogens (tertiary/aromatic N) is 1. The van der Waals surface area contributed by atoms with Crippen LogP contribution in [0.4, 0.5) is 0 Å². The van der Waals surface area contributed by atoms with E-state index in [1.807, 2.05) is 13.8 Å². The van der Waals surface area contributed by atoms with Crippen LogP contribution in [0.1, 0.15) is 25.3 Å². The summed E-state index contributed by atoms with van der Waals surface area (Å²) in [6, 6.07) is 0. The summed E-state index contributed by atoms with van der Waals surface area (Å²) in [5.41, 5.74) is 5.77. The highest BCUT2D eigenvalue weighted by Crippen LogP contribution is 2.25. The van der Waals surface area contributed by atoms with Crippen molar-refractivity contribution in [1.29, 1.82) is 0 Å². The zero-order valence-corrected chi connectivity index (χ0v) is 7.63. The van der Waals surface area contributed by atoms with Gasteiger partial charge in [0.2, 0.25) is 0 Å². The lowest BCUT2D eigenvalue weighted by Crippen LogP contribution is -2.21. The van der Waals surface area contributed by atoms with Crippen LogP contribution in [0.3, 0.4) is 0 Å². The first kappa shape index (κ1) is 9.22. The van der Waals surface area contributed by atoms with Gasteiger partial charge in [-0.2, -0.15) is 0 Å². The van der Waals surface area contributed by atoms with Gasteiger partial charge >= 0.3 is 0 Å². The smallest absolute Gasteiger partial charge is 0.181 e. The summed E-state index contributed by atoms with van der Waals surface area (Å²) in [5.74, 6) is 0.701. The largest absolute Gasteiger partial charge is 0.445 e. The second kappa shape index (κ2) is 3.25. The number of hydrogen-bond acceptors (Lipinski definition) is 4. The predicted octanol–water partition coefficient (Wildman–Crippen LogP) is 1.01. The summed E-state index contributed by atoms with van der Waals surface area (Å²) in [6.45, 7) is 4.19. The second-order valence-corrected chi connectivity index (χ2v) is 3.05. The van der Waals surface area contributed by atoms with E-state index < -0.39 is 5.60 Å². The lowest BCUT2D eigenvalue weighted by atomic mass is 10.0. The Kier molecular flexibility index (Phi) is 2.49. The Labute approximate surface area is 71.7 Å². The molecule has 12 heavy (non-hydrogen) atoms. The monoisotopic (exact) mass is 170 g/mol. The number of oxazole rings is 1. The molecule has 1 aromatic heterocycles. The molecule has 1 aromatic rings. The molecule has 0 saturated heterocycles. The second-order valence-electron chi connectivity index (χ2n) is 3.05. The third-order valence-corrected chi connectivity index (χ3v) is 1.89. The van der Waals surface area contributed by atoms with Gasteiger partial charge in [-0.3, -0.25) is 0 Å². The van der Waals surface area contributed by atoms with Crippen LogP contribution in [0.15, 0.2) is 10.8 Å². The highest BCUT2D eigenvalue weighted by Gasteiger charge is 2.26. The van der Waals surface area contributed by atoms with Crippen molar-refractivity contribution >= 4 is 0 Å². The van der Waals surface area contributed by atoms with Gasteiger partial charge in [-0.25, -0.2) is 4.98 Å². The van der Waals surface area contributed by atoms with Crippen molar-refractivity contribution in [3.05, 3.63) is 17.8 Å². The summed E-state index contributed by atoms with van der Waals surface area (Å²) < 4.78 is 10.4. The van der Waals surface area contributed by atoms with Crippen LogP contribution in [-0.2, 0) is 16.9 Å². The molecule has 0 aliphatic carbocycles. The normalized spacial score (nSPS) is 12.0. The molecule has 1 rings (SSSR count). The number of nitrogens with two attached hydrogens (primary N) is 1. The summed E-state index contributed by atoms with van der Waals surface area (Å²) in [4.78, 5) is 3.98. The molecule has 1 heterocycles. The predicted molar refractivity (Wildman–Crippen MR) is 44.4 cm³/mol. The minimum absolute atomic E-state index is 0.374. The lowest BCUT2D eigenvalue weighted by Gasteiger charge is -2.20. The fourth-order valence-electron chi connectivity index (χ4n) is 0.997. The third-order valence-electron chi connectivity index (χ3n) is 1.89. The van der Waals surface area contributed by atoms with Gasteiger partial charge in [0.15, 0.2) is 12.2 Å². The van der Waals surface area contributed by atoms with Crippen molar-refractivity contribution in [2.24, 2.45) is 5.73 Å². The van der Waals surface area contributed by atoms with Crippen LogP contribution < -0.4 is 5.73 Å². The molecule has 4 nitrogen and oxygen atoms in total. The molecule has 0 radical (unpaired) electrons. The Morgan fingerprint density at radius 1 is 1.67 bits per heavy atom. The van der Waals surface area contributed by atoms with Crippen molar-refractivity contribution < 1.29 is 9.15 Å². The van der Waals surface area contributed by atoms with E-state index in [9.17, 15) is 0 Å². The number of aromatic nitrogens is 1. The molecule has 4 heteroatoms. The quantitative estimate of drug-likeness (QED) is 0.735. The SMILES string of the molecule is COC(C)(C)c1ocnc1CN. The Morgan fingerprint density at radius 3 is 2.83 bits per heavy atom. The standard InChI is InChI=1S/C8H14N2O2/c1-8(2,11-3)7-6(4-9)10-5-12-7/h5H,4,9H2,1-3H3. The van der Waals surface area contributed by atoms with E-state index in [0.29, 0.717) is 12.3 Å². The molecular formula is C8H14N2O2. The molecule has 2 N–H and O–H groups in total. The number of rotatable bonds is 3. The fourth-order valence-corrected chi connectivity index (χ4v) is 0.997. The first-order valence-corrected chi connectivity index (χ1v) is 3.80. The Bertz CT molecular complexity index is 255. The minimum atomic E-state index is -0.453. The van der Waals surface area contributed by atoms with Crippen molar-refractivity contribution in [3.8, 4) is 0 Å². The van der Waals surface area contributed by atoms with Crippen molar-refractivity contribution in [3.63, 3.8) is 0 Å². The lowest BCUT2D eigenvalue weighted by molar-refractivity contribution is 0.0000131. The van der Waals surface area contributed by atoms with E-state index in [4.69, 9.17) is 14.9 Å². The minimum Gasteiger partial charge on any atom is -0.445 e. The maximum Gasteiger partial charge on any atom is 0.181 e. The van der Waals surface area contributed by atoms with E-state index in [1.54, 1.807) is 7.11 Å². The Balaban J connectivity index is 3.00. The Morgan fingerprint density at radius 2 is 2.33 bits per heavy atom. The highest BCUT2D eigenvalue weighted by molar-refractivity contribution is 5.13. The number of ether oxygens (including phenoxy) is 1. The molecule has 0 fully saturated rings. The van der Waals surface area contributed by atoms with Crippen LogP contribution in [0.2, 0.25) is 0 Å². The highest BCUT2D eigenvalue weighted by atomic mass is 16.5. The van der Waals surface area contributed by atoms with Gasteiger partial charge in [0.25, 0.3) is 0 Å². The molecule has 0 bridgehead atoms. The average Bonchev–Trinajstić information content (AvgIpc) is 2.52. The Hall–Kier alpha value is -0.870. The van der Waals surface area contributed by atoms with Gasteiger partial charge in [-0.15, -0.1) is 0 Å². The molecule has 0 amide bonds. The zero-order valence-electron chi connectivity index (χ0n) is 7.63. The zero-order chi connectivity index (χ0) is 9.19. The van der Waals surface area contributed by atoms with E-state index in [1.165, 1.54) is 6.39 Å². The van der Waals surface area contributed by atoms with Crippen LogP contribution >= 0.6 is 0 Å².